The van der Waals surface area contributed by atoms with Gasteiger partial charge in [-0.25, -0.2) is 4.98 Å². The summed E-state index contributed by atoms with van der Waals surface area (Å²) in [6.07, 6.45) is 4.92. The molecule has 1 aromatic carbocycles. The Kier molecular flexibility index (Phi) is 4.84. The molecule has 1 fully saturated rings. The number of aryl methyl sites for hydroxylation is 1. The zero-order chi connectivity index (χ0) is 16.9. The van der Waals surface area contributed by atoms with E-state index in [2.05, 4.69) is 9.97 Å². The second kappa shape index (κ2) is 7.21. The molecule has 0 N–H and O–H groups in total. The number of amides is 2. The molecule has 0 aliphatic carbocycles. The Morgan fingerprint density at radius 2 is 1.83 bits per heavy atom. The summed E-state index contributed by atoms with van der Waals surface area (Å²) in [5.74, 6) is -0.0268. The first-order valence-electron chi connectivity index (χ1n) is 8.02. The van der Waals surface area contributed by atoms with Gasteiger partial charge in [-0.2, -0.15) is 0 Å². The first-order chi connectivity index (χ1) is 11.6. The molecule has 3 rings (SSSR count). The van der Waals surface area contributed by atoms with Crippen LogP contribution in [-0.4, -0.2) is 57.8 Å². The van der Waals surface area contributed by atoms with E-state index in [1.807, 2.05) is 36.1 Å². The smallest absolute Gasteiger partial charge is 0.274 e. The molecule has 1 aliphatic rings. The van der Waals surface area contributed by atoms with Gasteiger partial charge in [-0.05, 0) is 12.5 Å². The van der Waals surface area contributed by atoms with Crippen molar-refractivity contribution in [3.05, 3.63) is 59.7 Å². The molecule has 0 atom stereocenters. The van der Waals surface area contributed by atoms with Gasteiger partial charge in [-0.1, -0.05) is 29.8 Å². The van der Waals surface area contributed by atoms with Gasteiger partial charge in [0.2, 0.25) is 5.91 Å². The number of benzene rings is 1. The van der Waals surface area contributed by atoms with Crippen LogP contribution in [0.5, 0.6) is 0 Å². The Balaban J connectivity index is 1.55. The predicted octanol–water partition coefficient (Wildman–Crippen LogP) is 1.31. The van der Waals surface area contributed by atoms with E-state index in [0.717, 1.165) is 11.1 Å². The summed E-state index contributed by atoms with van der Waals surface area (Å²) in [5, 5.41) is 0. The Labute approximate surface area is 141 Å². The van der Waals surface area contributed by atoms with Crippen LogP contribution in [-0.2, 0) is 11.2 Å². The summed E-state index contributed by atoms with van der Waals surface area (Å²) in [6.45, 7) is 4.17. The van der Waals surface area contributed by atoms with Gasteiger partial charge in [-0.15, -0.1) is 0 Å². The monoisotopic (exact) mass is 324 g/mol. The highest BCUT2D eigenvalue weighted by Crippen LogP contribution is 2.10. The minimum atomic E-state index is -0.131. The molecule has 0 spiro atoms. The average Bonchev–Trinajstić information content (AvgIpc) is 2.62. The van der Waals surface area contributed by atoms with E-state index >= 15 is 0 Å². The summed E-state index contributed by atoms with van der Waals surface area (Å²) in [4.78, 5) is 36.3. The normalized spacial score (nSPS) is 14.5. The standard InChI is InChI=1S/C18H20N4O2/c1-14-3-2-4-15(11-14)12-17(23)21-7-9-22(10-8-21)18(24)16-13-19-5-6-20-16/h2-6,11,13H,7-10,12H2,1H3. The van der Waals surface area contributed by atoms with Crippen molar-refractivity contribution in [1.82, 2.24) is 19.8 Å². The predicted molar refractivity (Wildman–Crippen MR) is 89.4 cm³/mol. The van der Waals surface area contributed by atoms with Crippen molar-refractivity contribution < 1.29 is 9.59 Å². The number of carbonyl (C=O) groups excluding carboxylic acids is 2. The third-order valence-electron chi connectivity index (χ3n) is 4.14. The van der Waals surface area contributed by atoms with Crippen LogP contribution < -0.4 is 0 Å². The number of aromatic nitrogens is 2. The molecule has 2 aromatic rings. The number of piperazine rings is 1. The van der Waals surface area contributed by atoms with Gasteiger partial charge in [0.1, 0.15) is 5.69 Å². The minimum absolute atomic E-state index is 0.104. The van der Waals surface area contributed by atoms with Crippen molar-refractivity contribution in [2.24, 2.45) is 0 Å². The Hall–Kier alpha value is -2.76. The highest BCUT2D eigenvalue weighted by atomic mass is 16.2. The molecule has 1 saturated heterocycles. The van der Waals surface area contributed by atoms with Crippen LogP contribution >= 0.6 is 0 Å². The molecule has 6 nitrogen and oxygen atoms in total. The van der Waals surface area contributed by atoms with Gasteiger partial charge in [-0.3, -0.25) is 14.6 Å². The topological polar surface area (TPSA) is 66.4 Å². The molecule has 0 bridgehead atoms. The maximum absolute atomic E-state index is 12.4. The van der Waals surface area contributed by atoms with Crippen LogP contribution in [0.1, 0.15) is 21.6 Å². The van der Waals surface area contributed by atoms with E-state index in [1.54, 1.807) is 11.1 Å². The lowest BCUT2D eigenvalue weighted by Crippen LogP contribution is -2.51. The Morgan fingerprint density at radius 1 is 1.08 bits per heavy atom. The lowest BCUT2D eigenvalue weighted by atomic mass is 10.1. The molecule has 24 heavy (non-hydrogen) atoms. The molecular formula is C18H20N4O2. The summed E-state index contributed by atoms with van der Waals surface area (Å²) in [6, 6.07) is 7.99. The third kappa shape index (κ3) is 3.76. The van der Waals surface area contributed by atoms with Crippen molar-refractivity contribution in [1.29, 1.82) is 0 Å². The van der Waals surface area contributed by atoms with Gasteiger partial charge < -0.3 is 9.80 Å². The molecule has 1 aliphatic heterocycles. The van der Waals surface area contributed by atoms with E-state index in [0.29, 0.717) is 38.3 Å². The lowest BCUT2D eigenvalue weighted by molar-refractivity contribution is -0.131. The first kappa shape index (κ1) is 16.1. The fourth-order valence-corrected chi connectivity index (χ4v) is 2.84. The lowest BCUT2D eigenvalue weighted by Gasteiger charge is -2.34. The van der Waals surface area contributed by atoms with Crippen LogP contribution in [0.2, 0.25) is 0 Å². The van der Waals surface area contributed by atoms with Crippen molar-refractivity contribution in [3.8, 4) is 0 Å². The quantitative estimate of drug-likeness (QED) is 0.854. The molecule has 2 heterocycles. The summed E-state index contributed by atoms with van der Waals surface area (Å²) < 4.78 is 0. The van der Waals surface area contributed by atoms with Crippen molar-refractivity contribution in [3.63, 3.8) is 0 Å². The van der Waals surface area contributed by atoms with Crippen LogP contribution in [0, 0.1) is 6.92 Å². The average molecular weight is 324 g/mol. The molecular weight excluding hydrogens is 304 g/mol. The number of nitrogens with zero attached hydrogens (tertiary/aromatic N) is 4. The van der Waals surface area contributed by atoms with E-state index in [-0.39, 0.29) is 11.8 Å². The van der Waals surface area contributed by atoms with Crippen LogP contribution in [0.15, 0.2) is 42.9 Å². The molecule has 0 radical (unpaired) electrons. The highest BCUT2D eigenvalue weighted by Gasteiger charge is 2.25. The maximum atomic E-state index is 12.4. The summed E-state index contributed by atoms with van der Waals surface area (Å²) in [5.41, 5.74) is 2.52. The third-order valence-corrected chi connectivity index (χ3v) is 4.14. The maximum Gasteiger partial charge on any atom is 0.274 e. The first-order valence-corrected chi connectivity index (χ1v) is 8.02. The van der Waals surface area contributed by atoms with Gasteiger partial charge in [0.25, 0.3) is 5.91 Å². The fraction of sp³-hybridized carbons (Fsp3) is 0.333. The second-order valence-corrected chi connectivity index (χ2v) is 5.93. The van der Waals surface area contributed by atoms with Gasteiger partial charge in [0, 0.05) is 38.6 Å². The molecule has 0 saturated carbocycles. The number of carbonyl (C=O) groups is 2. The largest absolute Gasteiger partial charge is 0.339 e. The minimum Gasteiger partial charge on any atom is -0.339 e. The Morgan fingerprint density at radius 3 is 2.50 bits per heavy atom. The zero-order valence-corrected chi connectivity index (χ0v) is 13.7. The highest BCUT2D eigenvalue weighted by molar-refractivity contribution is 5.92. The number of hydrogen-bond acceptors (Lipinski definition) is 4. The van der Waals surface area contributed by atoms with E-state index in [9.17, 15) is 9.59 Å². The molecule has 124 valence electrons. The number of hydrogen-bond donors (Lipinski definition) is 0. The summed E-state index contributed by atoms with van der Waals surface area (Å²) >= 11 is 0. The van der Waals surface area contributed by atoms with Crippen molar-refractivity contribution in [2.75, 3.05) is 26.2 Å². The van der Waals surface area contributed by atoms with Crippen LogP contribution in [0.25, 0.3) is 0 Å². The van der Waals surface area contributed by atoms with E-state index < -0.39 is 0 Å². The molecule has 1 aromatic heterocycles. The fourth-order valence-electron chi connectivity index (χ4n) is 2.84. The van der Waals surface area contributed by atoms with Crippen molar-refractivity contribution in [2.45, 2.75) is 13.3 Å². The van der Waals surface area contributed by atoms with Crippen LogP contribution in [0.3, 0.4) is 0 Å². The second-order valence-electron chi connectivity index (χ2n) is 5.93. The van der Waals surface area contributed by atoms with Gasteiger partial charge in [0.15, 0.2) is 0 Å². The molecule has 2 amide bonds. The van der Waals surface area contributed by atoms with Crippen LogP contribution in [0.4, 0.5) is 0 Å². The molecule has 0 unspecified atom stereocenters. The summed E-state index contributed by atoms with van der Waals surface area (Å²) in [7, 11) is 0. The van der Waals surface area contributed by atoms with E-state index in [4.69, 9.17) is 0 Å². The zero-order valence-electron chi connectivity index (χ0n) is 13.7. The SMILES string of the molecule is Cc1cccc(CC(=O)N2CCN(C(=O)c3cnccn3)CC2)c1. The van der Waals surface area contributed by atoms with Gasteiger partial charge >= 0.3 is 0 Å². The van der Waals surface area contributed by atoms with E-state index in [1.165, 1.54) is 12.4 Å². The number of rotatable bonds is 3. The van der Waals surface area contributed by atoms with Gasteiger partial charge in [0.05, 0.1) is 12.6 Å². The van der Waals surface area contributed by atoms with Crippen molar-refractivity contribution >= 4 is 11.8 Å². The molecule has 6 heteroatoms. The Bertz CT molecular complexity index is 725.